The van der Waals surface area contributed by atoms with Crippen LogP contribution in [0.2, 0.25) is 0 Å². The van der Waals surface area contributed by atoms with Crippen molar-refractivity contribution in [3.63, 3.8) is 0 Å². The van der Waals surface area contributed by atoms with Crippen LogP contribution in [0.25, 0.3) is 11.3 Å². The summed E-state index contributed by atoms with van der Waals surface area (Å²) < 4.78 is 12.8. The van der Waals surface area contributed by atoms with Crippen molar-refractivity contribution in [3.8, 4) is 22.8 Å². The van der Waals surface area contributed by atoms with Gasteiger partial charge in [0.1, 0.15) is 11.5 Å². The molecule has 7 heteroatoms. The van der Waals surface area contributed by atoms with E-state index in [0.717, 1.165) is 38.1 Å². The van der Waals surface area contributed by atoms with Crippen molar-refractivity contribution in [2.24, 2.45) is 10.1 Å². The zero-order valence-electron chi connectivity index (χ0n) is 14.5. The van der Waals surface area contributed by atoms with Crippen LogP contribution in [0.5, 0.6) is 11.5 Å². The number of benzene rings is 1. The van der Waals surface area contributed by atoms with E-state index in [1.165, 1.54) is 11.3 Å². The Labute approximate surface area is 154 Å². The predicted molar refractivity (Wildman–Crippen MR) is 104 cm³/mol. The highest BCUT2D eigenvalue weighted by Gasteiger charge is 2.14. The fourth-order valence-corrected chi connectivity index (χ4v) is 3.89. The van der Waals surface area contributed by atoms with Crippen LogP contribution in [0.3, 0.4) is 0 Å². The highest BCUT2D eigenvalue weighted by Crippen LogP contribution is 2.33. The highest BCUT2D eigenvalue weighted by atomic mass is 32.1. The van der Waals surface area contributed by atoms with Gasteiger partial charge in [0, 0.05) is 18.0 Å². The van der Waals surface area contributed by atoms with E-state index in [0.29, 0.717) is 0 Å². The minimum Gasteiger partial charge on any atom is -0.497 e. The molecule has 0 N–H and O–H groups in total. The van der Waals surface area contributed by atoms with E-state index in [9.17, 15) is 0 Å². The number of aromatic nitrogens is 1. The van der Waals surface area contributed by atoms with E-state index >= 15 is 0 Å². The van der Waals surface area contributed by atoms with Gasteiger partial charge in [0.05, 0.1) is 30.5 Å². The molecule has 5 nitrogen and oxygen atoms in total. The summed E-state index contributed by atoms with van der Waals surface area (Å²) in [5, 5.41) is 8.88. The molecule has 0 saturated heterocycles. The quantitative estimate of drug-likeness (QED) is 0.632. The van der Waals surface area contributed by atoms with Crippen LogP contribution >= 0.6 is 22.7 Å². The molecular formula is C18H19N3O2S2. The molecule has 0 unspecified atom stereocenters. The molecule has 2 aromatic heterocycles. The third-order valence-corrected chi connectivity index (χ3v) is 5.57. The lowest BCUT2D eigenvalue weighted by Gasteiger charge is -2.11. The smallest absolute Gasteiger partial charge is 0.205 e. The molecule has 0 spiro atoms. The molecule has 25 heavy (non-hydrogen) atoms. The first-order valence-electron chi connectivity index (χ1n) is 7.63. The highest BCUT2D eigenvalue weighted by molar-refractivity contribution is 7.12. The first kappa shape index (κ1) is 17.4. The van der Waals surface area contributed by atoms with Crippen molar-refractivity contribution in [2.75, 3.05) is 21.3 Å². The molecule has 0 aliphatic carbocycles. The summed E-state index contributed by atoms with van der Waals surface area (Å²) in [6.07, 6.45) is 0. The number of thiophene rings is 1. The summed E-state index contributed by atoms with van der Waals surface area (Å²) in [6, 6.07) is 9.81. The molecule has 0 aliphatic heterocycles. The lowest BCUT2D eigenvalue weighted by molar-refractivity contribution is 0.404. The van der Waals surface area contributed by atoms with Gasteiger partial charge in [-0.15, -0.1) is 22.7 Å². The standard InChI is InChI=1S/C18H19N3O2S2/c1-12(17-6-5-9-24-17)20-21-15(11-25-18(21)19-2)14-10-13(22-3)7-8-16(14)23-4/h5-11H,1-4H3/b19-18?,20-12-. The average molecular weight is 374 g/mol. The van der Waals surface area contributed by atoms with Gasteiger partial charge < -0.3 is 9.47 Å². The maximum absolute atomic E-state index is 5.53. The molecule has 0 saturated carbocycles. The van der Waals surface area contributed by atoms with E-state index in [4.69, 9.17) is 14.6 Å². The number of hydrogen-bond donors (Lipinski definition) is 0. The van der Waals surface area contributed by atoms with E-state index in [1.54, 1.807) is 32.6 Å². The summed E-state index contributed by atoms with van der Waals surface area (Å²) in [5.74, 6) is 1.53. The van der Waals surface area contributed by atoms with Crippen molar-refractivity contribution < 1.29 is 9.47 Å². The van der Waals surface area contributed by atoms with Gasteiger partial charge >= 0.3 is 0 Å². The van der Waals surface area contributed by atoms with E-state index in [-0.39, 0.29) is 0 Å². The second-order valence-corrected chi connectivity index (χ2v) is 6.95. The summed E-state index contributed by atoms with van der Waals surface area (Å²) >= 11 is 3.20. The number of thiazole rings is 1. The predicted octanol–water partition coefficient (Wildman–Crippen LogP) is 4.10. The third-order valence-electron chi connectivity index (χ3n) is 3.69. The summed E-state index contributed by atoms with van der Waals surface area (Å²) in [6.45, 7) is 2.00. The van der Waals surface area contributed by atoms with Gasteiger partial charge in [-0.1, -0.05) is 6.07 Å². The van der Waals surface area contributed by atoms with Crippen LogP contribution in [0.4, 0.5) is 0 Å². The molecule has 3 rings (SSSR count). The normalized spacial score (nSPS) is 12.5. The molecule has 0 fully saturated rings. The Bertz CT molecular complexity index is 953. The Morgan fingerprint density at radius 3 is 2.60 bits per heavy atom. The van der Waals surface area contributed by atoms with Crippen LogP contribution in [0.15, 0.2) is 51.2 Å². The monoisotopic (exact) mass is 373 g/mol. The van der Waals surface area contributed by atoms with Gasteiger partial charge in [0.25, 0.3) is 0 Å². The molecule has 0 atom stereocenters. The average Bonchev–Trinajstić information content (AvgIpc) is 3.31. The minimum atomic E-state index is 0.763. The molecular weight excluding hydrogens is 354 g/mol. The minimum absolute atomic E-state index is 0.763. The van der Waals surface area contributed by atoms with Crippen molar-refractivity contribution in [1.29, 1.82) is 0 Å². The molecule has 0 radical (unpaired) electrons. The zero-order valence-corrected chi connectivity index (χ0v) is 16.1. The van der Waals surface area contributed by atoms with Gasteiger partial charge in [0.15, 0.2) is 0 Å². The van der Waals surface area contributed by atoms with E-state index in [2.05, 4.69) is 11.1 Å². The number of nitrogens with zero attached hydrogens (tertiary/aromatic N) is 3. The zero-order chi connectivity index (χ0) is 17.8. The topological polar surface area (TPSA) is 48.1 Å². The maximum Gasteiger partial charge on any atom is 0.205 e. The SMILES string of the molecule is CN=c1scc(-c2cc(OC)ccc2OC)n1/N=C(/C)c1cccs1. The number of ether oxygens (including phenoxy) is 2. The molecule has 0 aliphatic rings. The Balaban J connectivity index is 2.20. The number of rotatable bonds is 5. The third kappa shape index (κ3) is 3.52. The molecule has 3 aromatic rings. The first-order valence-corrected chi connectivity index (χ1v) is 9.39. The van der Waals surface area contributed by atoms with Crippen molar-refractivity contribution >= 4 is 28.4 Å². The largest absolute Gasteiger partial charge is 0.497 e. The Kier molecular flexibility index (Phi) is 5.35. The van der Waals surface area contributed by atoms with Gasteiger partial charge in [-0.3, -0.25) is 4.99 Å². The maximum atomic E-state index is 5.53. The van der Waals surface area contributed by atoms with Crippen LogP contribution in [-0.4, -0.2) is 31.7 Å². The molecule has 2 heterocycles. The summed E-state index contributed by atoms with van der Waals surface area (Å²) in [7, 11) is 5.08. The van der Waals surface area contributed by atoms with Crippen LogP contribution < -0.4 is 14.3 Å². The second kappa shape index (κ2) is 7.67. The van der Waals surface area contributed by atoms with Crippen molar-refractivity contribution in [2.45, 2.75) is 6.92 Å². The Hall–Kier alpha value is -2.38. The van der Waals surface area contributed by atoms with Gasteiger partial charge in [-0.05, 0) is 36.6 Å². The summed E-state index contributed by atoms with van der Waals surface area (Å²) in [5.41, 5.74) is 2.76. The van der Waals surface area contributed by atoms with E-state index in [1.807, 2.05) is 46.6 Å². The number of hydrogen-bond acceptors (Lipinski definition) is 6. The van der Waals surface area contributed by atoms with Gasteiger partial charge in [0.2, 0.25) is 4.80 Å². The lowest BCUT2D eigenvalue weighted by Crippen LogP contribution is -2.13. The van der Waals surface area contributed by atoms with Crippen LogP contribution in [0, 0.1) is 0 Å². The summed E-state index contributed by atoms with van der Waals surface area (Å²) in [4.78, 5) is 6.30. The van der Waals surface area contributed by atoms with Crippen LogP contribution in [-0.2, 0) is 0 Å². The van der Waals surface area contributed by atoms with Crippen LogP contribution in [0.1, 0.15) is 11.8 Å². The fraction of sp³-hybridized carbons (Fsp3) is 0.222. The number of methoxy groups -OCH3 is 2. The lowest BCUT2D eigenvalue weighted by atomic mass is 10.1. The van der Waals surface area contributed by atoms with E-state index < -0.39 is 0 Å². The molecule has 1 aromatic carbocycles. The van der Waals surface area contributed by atoms with Gasteiger partial charge in [-0.25, -0.2) is 4.68 Å². The Morgan fingerprint density at radius 1 is 1.12 bits per heavy atom. The van der Waals surface area contributed by atoms with Gasteiger partial charge in [-0.2, -0.15) is 5.10 Å². The van der Waals surface area contributed by atoms with Crippen molar-refractivity contribution in [1.82, 2.24) is 4.68 Å². The fourth-order valence-electron chi connectivity index (χ4n) is 2.43. The molecule has 0 amide bonds. The molecule has 130 valence electrons. The Morgan fingerprint density at radius 2 is 1.96 bits per heavy atom. The molecule has 0 bridgehead atoms. The second-order valence-electron chi connectivity index (χ2n) is 5.17. The first-order chi connectivity index (χ1) is 12.2. The van der Waals surface area contributed by atoms with Crippen molar-refractivity contribution in [3.05, 3.63) is 50.8 Å².